The second kappa shape index (κ2) is 7.67. The molecule has 2 aromatic carbocycles. The first-order valence-corrected chi connectivity index (χ1v) is 8.62. The number of alkyl halides is 3. The summed E-state index contributed by atoms with van der Waals surface area (Å²) in [5.41, 5.74) is -4.69. The van der Waals surface area contributed by atoms with E-state index < -0.39 is 64.5 Å². The van der Waals surface area contributed by atoms with E-state index in [0.717, 1.165) is 0 Å². The lowest BCUT2D eigenvalue weighted by Crippen LogP contribution is -2.47. The third kappa shape index (κ3) is 3.51. The largest absolute Gasteiger partial charge is 0.422 e. The zero-order valence-electron chi connectivity index (χ0n) is 15.4. The second-order valence-corrected chi connectivity index (χ2v) is 6.44. The SMILES string of the molecule is CCC(C(=O)Nc1c(F)c(F)c(C(F)(F)F)c(F)c1F)N1C(=O)c2ccccc2C1=O. The van der Waals surface area contributed by atoms with Gasteiger partial charge in [-0.25, -0.2) is 17.6 Å². The second-order valence-electron chi connectivity index (χ2n) is 6.44. The molecule has 0 aliphatic carbocycles. The number of carbonyl (C=O) groups excluding carboxylic acids is 3. The molecule has 1 heterocycles. The van der Waals surface area contributed by atoms with Crippen molar-refractivity contribution in [2.75, 3.05) is 5.32 Å². The summed E-state index contributed by atoms with van der Waals surface area (Å²) in [4.78, 5) is 38.0. The molecular formula is C19H11F7N2O3. The molecule has 1 unspecified atom stereocenters. The monoisotopic (exact) mass is 448 g/mol. The predicted molar refractivity (Wildman–Crippen MR) is 90.9 cm³/mol. The standard InChI is InChI=1S/C19H11F7N2O3/c1-2-9(28-17(30)7-5-3-4-6-8(7)18(28)31)16(29)27-15-13(22)11(20)10(19(24,25)26)12(21)14(15)23/h3-6,9H,2H2,1H3,(H,27,29). The number of amides is 3. The normalized spacial score (nSPS) is 14.6. The summed E-state index contributed by atoms with van der Waals surface area (Å²) in [6, 6.07) is 3.85. The molecule has 3 amide bonds. The predicted octanol–water partition coefficient (Wildman–Crippen LogP) is 4.28. The van der Waals surface area contributed by atoms with Gasteiger partial charge in [0.05, 0.1) is 11.1 Å². The van der Waals surface area contributed by atoms with E-state index in [0.29, 0.717) is 4.90 Å². The van der Waals surface area contributed by atoms with E-state index >= 15 is 0 Å². The Morgan fingerprint density at radius 1 is 0.935 bits per heavy atom. The minimum absolute atomic E-state index is 0.0391. The number of hydrogen-bond donors (Lipinski definition) is 1. The summed E-state index contributed by atoms with van der Waals surface area (Å²) < 4.78 is 93.7. The number of nitrogens with one attached hydrogen (secondary N) is 1. The molecule has 31 heavy (non-hydrogen) atoms. The third-order valence-corrected chi connectivity index (χ3v) is 4.62. The van der Waals surface area contributed by atoms with Gasteiger partial charge in [-0.2, -0.15) is 13.2 Å². The van der Waals surface area contributed by atoms with Crippen molar-refractivity contribution >= 4 is 23.4 Å². The van der Waals surface area contributed by atoms with Crippen molar-refractivity contribution in [3.8, 4) is 0 Å². The summed E-state index contributed by atoms with van der Waals surface area (Å²) in [6.07, 6.45) is -6.02. The molecule has 0 bridgehead atoms. The molecule has 0 radical (unpaired) electrons. The van der Waals surface area contributed by atoms with E-state index in [2.05, 4.69) is 0 Å². The van der Waals surface area contributed by atoms with Gasteiger partial charge in [0.15, 0.2) is 23.3 Å². The third-order valence-electron chi connectivity index (χ3n) is 4.62. The fourth-order valence-electron chi connectivity index (χ4n) is 3.17. The molecule has 0 spiro atoms. The van der Waals surface area contributed by atoms with Crippen molar-refractivity contribution in [2.24, 2.45) is 0 Å². The van der Waals surface area contributed by atoms with Gasteiger partial charge in [0, 0.05) is 0 Å². The zero-order chi connectivity index (χ0) is 23.2. The minimum Gasteiger partial charge on any atom is -0.319 e. The number of imide groups is 1. The van der Waals surface area contributed by atoms with Crippen LogP contribution in [0.4, 0.5) is 36.4 Å². The highest BCUT2D eigenvalue weighted by Gasteiger charge is 2.44. The molecule has 164 valence electrons. The van der Waals surface area contributed by atoms with Crippen LogP contribution in [0, 0.1) is 23.3 Å². The van der Waals surface area contributed by atoms with Gasteiger partial charge in [-0.3, -0.25) is 19.3 Å². The lowest BCUT2D eigenvalue weighted by molar-refractivity contribution is -0.143. The Morgan fingerprint density at radius 3 is 1.77 bits per heavy atom. The van der Waals surface area contributed by atoms with Crippen LogP contribution in [0.1, 0.15) is 39.6 Å². The van der Waals surface area contributed by atoms with Crippen LogP contribution in [-0.2, 0) is 11.0 Å². The van der Waals surface area contributed by atoms with E-state index in [9.17, 15) is 45.1 Å². The molecular weight excluding hydrogens is 437 g/mol. The van der Waals surface area contributed by atoms with Crippen LogP contribution in [0.15, 0.2) is 24.3 Å². The molecule has 12 heteroatoms. The number of halogens is 7. The Kier molecular flexibility index (Phi) is 5.51. The molecule has 0 aromatic heterocycles. The number of carbonyl (C=O) groups is 3. The number of fused-ring (bicyclic) bond motifs is 1. The van der Waals surface area contributed by atoms with Crippen molar-refractivity contribution in [1.82, 2.24) is 4.90 Å². The summed E-state index contributed by atoms with van der Waals surface area (Å²) >= 11 is 0. The highest BCUT2D eigenvalue weighted by Crippen LogP contribution is 2.38. The van der Waals surface area contributed by atoms with E-state index in [-0.39, 0.29) is 17.5 Å². The van der Waals surface area contributed by atoms with Crippen molar-refractivity contribution < 1.29 is 45.1 Å². The highest BCUT2D eigenvalue weighted by atomic mass is 19.4. The topological polar surface area (TPSA) is 66.5 Å². The summed E-state index contributed by atoms with van der Waals surface area (Å²) in [5.74, 6) is -13.7. The maximum Gasteiger partial charge on any atom is 0.422 e. The van der Waals surface area contributed by atoms with Crippen LogP contribution in [-0.4, -0.2) is 28.7 Å². The number of hydrogen-bond acceptors (Lipinski definition) is 3. The number of anilines is 1. The molecule has 1 aliphatic heterocycles. The van der Waals surface area contributed by atoms with Gasteiger partial charge in [-0.15, -0.1) is 0 Å². The summed E-state index contributed by atoms with van der Waals surface area (Å²) in [7, 11) is 0. The molecule has 1 N–H and O–H groups in total. The van der Waals surface area contributed by atoms with E-state index in [4.69, 9.17) is 0 Å². The van der Waals surface area contributed by atoms with Crippen LogP contribution in [0.3, 0.4) is 0 Å². The van der Waals surface area contributed by atoms with Crippen molar-refractivity contribution in [3.05, 3.63) is 64.2 Å². The molecule has 2 aromatic rings. The average molecular weight is 448 g/mol. The Balaban J connectivity index is 1.98. The van der Waals surface area contributed by atoms with E-state index in [1.807, 2.05) is 0 Å². The van der Waals surface area contributed by atoms with Gasteiger partial charge in [0.1, 0.15) is 17.3 Å². The number of nitrogens with zero attached hydrogens (tertiary/aromatic N) is 1. The van der Waals surface area contributed by atoms with E-state index in [1.165, 1.54) is 36.5 Å². The van der Waals surface area contributed by atoms with Crippen LogP contribution >= 0.6 is 0 Å². The highest BCUT2D eigenvalue weighted by molar-refractivity contribution is 6.23. The van der Waals surface area contributed by atoms with Gasteiger partial charge in [0.25, 0.3) is 11.8 Å². The van der Waals surface area contributed by atoms with Crippen molar-refractivity contribution in [1.29, 1.82) is 0 Å². The fourth-order valence-corrected chi connectivity index (χ4v) is 3.17. The van der Waals surface area contributed by atoms with Gasteiger partial charge in [-0.1, -0.05) is 19.1 Å². The quantitative estimate of drug-likeness (QED) is 0.432. The first-order valence-electron chi connectivity index (χ1n) is 8.62. The molecule has 0 saturated carbocycles. The minimum atomic E-state index is -5.75. The fraction of sp³-hybridized carbons (Fsp3) is 0.211. The van der Waals surface area contributed by atoms with Crippen LogP contribution in [0.2, 0.25) is 0 Å². The van der Waals surface area contributed by atoms with Gasteiger partial charge in [0.2, 0.25) is 5.91 Å². The number of rotatable bonds is 4. The molecule has 1 atom stereocenters. The van der Waals surface area contributed by atoms with Crippen LogP contribution in [0.5, 0.6) is 0 Å². The number of benzene rings is 2. The van der Waals surface area contributed by atoms with Crippen LogP contribution < -0.4 is 5.32 Å². The zero-order valence-corrected chi connectivity index (χ0v) is 15.4. The Hall–Kier alpha value is -3.44. The van der Waals surface area contributed by atoms with Crippen LogP contribution in [0.25, 0.3) is 0 Å². The lowest BCUT2D eigenvalue weighted by atomic mass is 10.1. The summed E-state index contributed by atoms with van der Waals surface area (Å²) in [5, 5.41) is 1.45. The van der Waals surface area contributed by atoms with Crippen molar-refractivity contribution in [2.45, 2.75) is 25.6 Å². The lowest BCUT2D eigenvalue weighted by Gasteiger charge is -2.24. The molecule has 1 aliphatic rings. The van der Waals surface area contributed by atoms with Crippen molar-refractivity contribution in [3.63, 3.8) is 0 Å². The first-order chi connectivity index (χ1) is 14.4. The molecule has 0 fully saturated rings. The molecule has 0 saturated heterocycles. The Labute approximate surface area is 169 Å². The van der Waals surface area contributed by atoms with Gasteiger partial charge in [-0.05, 0) is 18.6 Å². The first kappa shape index (κ1) is 22.2. The van der Waals surface area contributed by atoms with Gasteiger partial charge >= 0.3 is 6.18 Å². The summed E-state index contributed by atoms with van der Waals surface area (Å²) in [6.45, 7) is 1.33. The maximum atomic E-state index is 14.1. The molecule has 5 nitrogen and oxygen atoms in total. The van der Waals surface area contributed by atoms with E-state index in [1.54, 1.807) is 0 Å². The molecule has 3 rings (SSSR count). The Morgan fingerprint density at radius 2 is 1.39 bits per heavy atom. The maximum absolute atomic E-state index is 14.1. The average Bonchev–Trinajstić information content (AvgIpc) is 2.95. The Bertz CT molecular complexity index is 1050. The smallest absolute Gasteiger partial charge is 0.319 e. The van der Waals surface area contributed by atoms with Gasteiger partial charge < -0.3 is 5.32 Å².